The Morgan fingerprint density at radius 3 is 2.61 bits per heavy atom. The fourth-order valence-corrected chi connectivity index (χ4v) is 2.82. The van der Waals surface area contributed by atoms with Crippen LogP contribution in [0.5, 0.6) is 0 Å². The SMILES string of the molecule is Cc1ccc2ccn(C3CC(N(C)C)C3)c2c1F. The Morgan fingerprint density at radius 1 is 1.22 bits per heavy atom. The average molecular weight is 246 g/mol. The van der Waals surface area contributed by atoms with Gasteiger partial charge in [-0.3, -0.25) is 0 Å². The maximum absolute atomic E-state index is 14.2. The smallest absolute Gasteiger partial charge is 0.150 e. The highest BCUT2D eigenvalue weighted by atomic mass is 19.1. The lowest BCUT2D eigenvalue weighted by atomic mass is 9.85. The molecule has 3 heteroatoms. The molecular formula is C15H19FN2. The minimum Gasteiger partial charge on any atom is -0.342 e. The Kier molecular flexibility index (Phi) is 2.67. The molecule has 1 heterocycles. The minimum atomic E-state index is -0.0641. The molecule has 0 aliphatic heterocycles. The fourth-order valence-electron chi connectivity index (χ4n) is 2.82. The second-order valence-corrected chi connectivity index (χ2v) is 5.60. The van der Waals surface area contributed by atoms with E-state index in [1.807, 2.05) is 31.3 Å². The molecule has 0 atom stereocenters. The van der Waals surface area contributed by atoms with E-state index in [0.717, 1.165) is 29.3 Å². The van der Waals surface area contributed by atoms with Crippen molar-refractivity contribution in [1.82, 2.24) is 9.47 Å². The highest BCUT2D eigenvalue weighted by Crippen LogP contribution is 2.38. The summed E-state index contributed by atoms with van der Waals surface area (Å²) < 4.78 is 16.4. The first kappa shape index (κ1) is 11.7. The van der Waals surface area contributed by atoms with E-state index in [4.69, 9.17) is 0 Å². The number of aryl methyl sites for hydroxylation is 1. The van der Waals surface area contributed by atoms with E-state index in [2.05, 4.69) is 23.6 Å². The second-order valence-electron chi connectivity index (χ2n) is 5.60. The molecule has 0 N–H and O–H groups in total. The van der Waals surface area contributed by atoms with Crippen LogP contribution in [0, 0.1) is 12.7 Å². The Labute approximate surface area is 107 Å². The summed E-state index contributed by atoms with van der Waals surface area (Å²) in [5, 5.41) is 1.01. The molecule has 1 aliphatic rings. The van der Waals surface area contributed by atoms with E-state index < -0.39 is 0 Å². The Bertz CT molecular complexity index is 579. The van der Waals surface area contributed by atoms with Gasteiger partial charge in [0, 0.05) is 23.7 Å². The third-order valence-corrected chi connectivity index (χ3v) is 4.23. The lowest BCUT2D eigenvalue weighted by molar-refractivity contribution is 0.131. The molecule has 1 aliphatic carbocycles. The zero-order chi connectivity index (χ0) is 12.9. The van der Waals surface area contributed by atoms with Crippen molar-refractivity contribution >= 4 is 10.9 Å². The summed E-state index contributed by atoms with van der Waals surface area (Å²) in [6, 6.07) is 6.96. The van der Waals surface area contributed by atoms with Crippen molar-refractivity contribution in [3.63, 3.8) is 0 Å². The predicted molar refractivity (Wildman–Crippen MR) is 72.4 cm³/mol. The number of hydrogen-bond acceptors (Lipinski definition) is 1. The van der Waals surface area contributed by atoms with Crippen molar-refractivity contribution in [2.24, 2.45) is 0 Å². The van der Waals surface area contributed by atoms with Crippen molar-refractivity contribution in [3.05, 3.63) is 35.8 Å². The molecule has 3 rings (SSSR count). The highest BCUT2D eigenvalue weighted by molar-refractivity contribution is 5.81. The number of aromatic nitrogens is 1. The molecule has 1 saturated carbocycles. The number of benzene rings is 1. The highest BCUT2D eigenvalue weighted by Gasteiger charge is 2.32. The van der Waals surface area contributed by atoms with Gasteiger partial charge in [-0.05, 0) is 45.5 Å². The van der Waals surface area contributed by atoms with Crippen molar-refractivity contribution in [2.75, 3.05) is 14.1 Å². The molecule has 1 aromatic heterocycles. The molecular weight excluding hydrogens is 227 g/mol. The molecule has 0 unspecified atom stereocenters. The Hall–Kier alpha value is -1.35. The summed E-state index contributed by atoms with van der Waals surface area (Å²) in [6.07, 6.45) is 4.26. The monoisotopic (exact) mass is 246 g/mol. The normalized spacial score (nSPS) is 23.6. The molecule has 0 spiro atoms. The van der Waals surface area contributed by atoms with Crippen LogP contribution in [-0.2, 0) is 0 Å². The van der Waals surface area contributed by atoms with Gasteiger partial charge in [-0.1, -0.05) is 12.1 Å². The van der Waals surface area contributed by atoms with Gasteiger partial charge in [0.05, 0.1) is 5.52 Å². The second kappa shape index (κ2) is 4.09. The van der Waals surface area contributed by atoms with Gasteiger partial charge in [-0.15, -0.1) is 0 Å². The van der Waals surface area contributed by atoms with E-state index in [1.54, 1.807) is 0 Å². The molecule has 18 heavy (non-hydrogen) atoms. The van der Waals surface area contributed by atoms with E-state index in [-0.39, 0.29) is 5.82 Å². The topological polar surface area (TPSA) is 8.17 Å². The summed E-state index contributed by atoms with van der Waals surface area (Å²) in [5.41, 5.74) is 1.50. The number of halogens is 1. The zero-order valence-corrected chi connectivity index (χ0v) is 11.2. The van der Waals surface area contributed by atoms with E-state index in [1.165, 1.54) is 0 Å². The van der Waals surface area contributed by atoms with Gasteiger partial charge in [0.15, 0.2) is 0 Å². The van der Waals surface area contributed by atoms with Gasteiger partial charge in [0.25, 0.3) is 0 Å². The summed E-state index contributed by atoms with van der Waals surface area (Å²) in [6.45, 7) is 1.83. The van der Waals surface area contributed by atoms with Gasteiger partial charge in [-0.25, -0.2) is 4.39 Å². The molecule has 96 valence electrons. The van der Waals surface area contributed by atoms with Crippen LogP contribution in [0.15, 0.2) is 24.4 Å². The molecule has 0 bridgehead atoms. The van der Waals surface area contributed by atoms with Crippen LogP contribution >= 0.6 is 0 Å². The van der Waals surface area contributed by atoms with Crippen molar-refractivity contribution in [3.8, 4) is 0 Å². The number of nitrogens with zero attached hydrogens (tertiary/aromatic N) is 2. The zero-order valence-electron chi connectivity index (χ0n) is 11.2. The molecule has 0 saturated heterocycles. The van der Waals surface area contributed by atoms with Crippen LogP contribution in [0.25, 0.3) is 10.9 Å². The van der Waals surface area contributed by atoms with Gasteiger partial charge in [0.2, 0.25) is 0 Å². The third kappa shape index (κ3) is 1.65. The summed E-state index contributed by atoms with van der Waals surface area (Å²) >= 11 is 0. The van der Waals surface area contributed by atoms with Gasteiger partial charge >= 0.3 is 0 Å². The quantitative estimate of drug-likeness (QED) is 0.789. The van der Waals surface area contributed by atoms with Crippen LogP contribution in [0.4, 0.5) is 4.39 Å². The number of rotatable bonds is 2. The van der Waals surface area contributed by atoms with Crippen LogP contribution in [0.3, 0.4) is 0 Å². The maximum atomic E-state index is 14.2. The van der Waals surface area contributed by atoms with Crippen LogP contribution < -0.4 is 0 Å². The first-order valence-electron chi connectivity index (χ1n) is 6.50. The molecule has 2 nitrogen and oxygen atoms in total. The number of hydrogen-bond donors (Lipinski definition) is 0. The van der Waals surface area contributed by atoms with Gasteiger partial charge < -0.3 is 9.47 Å². The molecule has 0 amide bonds. The minimum absolute atomic E-state index is 0.0641. The Morgan fingerprint density at radius 2 is 1.94 bits per heavy atom. The Balaban J connectivity index is 1.97. The predicted octanol–water partition coefficient (Wildman–Crippen LogP) is 3.35. The average Bonchev–Trinajstić information content (AvgIpc) is 2.66. The van der Waals surface area contributed by atoms with Gasteiger partial charge in [-0.2, -0.15) is 0 Å². The van der Waals surface area contributed by atoms with Crippen LogP contribution in [0.2, 0.25) is 0 Å². The lowest BCUT2D eigenvalue weighted by Crippen LogP contribution is -2.41. The standard InChI is InChI=1S/C15H19FN2/c1-10-4-5-11-6-7-18(15(11)14(10)16)13-8-12(9-13)17(2)3/h4-7,12-13H,8-9H2,1-3H3. The summed E-state index contributed by atoms with van der Waals surface area (Å²) in [4.78, 5) is 2.25. The van der Waals surface area contributed by atoms with Crippen molar-refractivity contribution < 1.29 is 4.39 Å². The van der Waals surface area contributed by atoms with E-state index >= 15 is 0 Å². The van der Waals surface area contributed by atoms with E-state index in [0.29, 0.717) is 12.1 Å². The molecule has 1 aromatic carbocycles. The third-order valence-electron chi connectivity index (χ3n) is 4.23. The largest absolute Gasteiger partial charge is 0.342 e. The van der Waals surface area contributed by atoms with Crippen LogP contribution in [0.1, 0.15) is 24.4 Å². The van der Waals surface area contributed by atoms with Crippen molar-refractivity contribution in [2.45, 2.75) is 31.8 Å². The summed E-state index contributed by atoms with van der Waals surface area (Å²) in [7, 11) is 4.22. The lowest BCUT2D eigenvalue weighted by Gasteiger charge is -2.40. The first-order valence-corrected chi connectivity index (χ1v) is 6.50. The fraction of sp³-hybridized carbons (Fsp3) is 0.467. The van der Waals surface area contributed by atoms with Gasteiger partial charge in [0.1, 0.15) is 5.82 Å². The molecule has 2 aromatic rings. The van der Waals surface area contributed by atoms with E-state index in [9.17, 15) is 4.39 Å². The maximum Gasteiger partial charge on any atom is 0.150 e. The van der Waals surface area contributed by atoms with Crippen molar-refractivity contribution in [1.29, 1.82) is 0 Å². The number of fused-ring (bicyclic) bond motifs is 1. The molecule has 1 fully saturated rings. The van der Waals surface area contributed by atoms with Crippen LogP contribution in [-0.4, -0.2) is 29.6 Å². The summed E-state index contributed by atoms with van der Waals surface area (Å²) in [5.74, 6) is -0.0641. The molecule has 0 radical (unpaired) electrons. The first-order chi connectivity index (χ1) is 8.58.